The predicted octanol–water partition coefficient (Wildman–Crippen LogP) is 2.92. The highest BCUT2D eigenvalue weighted by atomic mass is 31.2. The molecule has 0 N–H and O–H groups in total. The molecule has 0 saturated carbocycles. The summed E-state index contributed by atoms with van der Waals surface area (Å²) >= 11 is 0. The second kappa shape index (κ2) is 10.1. The Bertz CT molecular complexity index is 344. The van der Waals surface area contributed by atoms with Gasteiger partial charge >= 0.3 is 5.97 Å². The van der Waals surface area contributed by atoms with Crippen molar-refractivity contribution in [3.05, 3.63) is 12.7 Å². The molecule has 20 heavy (non-hydrogen) atoms. The molecule has 118 valence electrons. The number of esters is 1. The topological polar surface area (TPSA) is 84.9 Å². The molecular weight excluding hydrogens is 283 g/mol. The van der Waals surface area contributed by atoms with E-state index in [2.05, 4.69) is 22.8 Å². The first-order valence-corrected chi connectivity index (χ1v) is 8.31. The van der Waals surface area contributed by atoms with Crippen molar-refractivity contribution < 1.29 is 28.0 Å². The summed E-state index contributed by atoms with van der Waals surface area (Å²) in [5.41, 5.74) is 0. The van der Waals surface area contributed by atoms with Gasteiger partial charge in [-0.1, -0.05) is 39.7 Å². The molecule has 7 heteroatoms. The molecule has 0 spiro atoms. The number of phosphoric ester groups is 1. The van der Waals surface area contributed by atoms with Gasteiger partial charge in [-0.15, -0.1) is 0 Å². The third kappa shape index (κ3) is 9.26. The zero-order chi connectivity index (χ0) is 15.6. The van der Waals surface area contributed by atoms with E-state index in [1.165, 1.54) is 6.92 Å². The van der Waals surface area contributed by atoms with Crippen LogP contribution in [0.25, 0.3) is 0 Å². The van der Waals surface area contributed by atoms with Crippen LogP contribution >= 0.6 is 7.82 Å². The van der Waals surface area contributed by atoms with Gasteiger partial charge in [0.1, 0.15) is 0 Å². The molecule has 0 aliphatic heterocycles. The Hall–Kier alpha value is -0.680. The van der Waals surface area contributed by atoms with E-state index in [0.717, 1.165) is 25.3 Å². The molecule has 0 rings (SSSR count). The number of phosphoric acid groups is 1. The minimum Gasteiger partial charge on any atom is -0.756 e. The van der Waals surface area contributed by atoms with Crippen molar-refractivity contribution in [2.45, 2.75) is 65.3 Å². The standard InChI is InChI=1S/C13H25O6P/c1-5-8-9-10-12(6-2)19-20(15,16)18-11(4)17-13(14)7-3/h7,11-12H,3,5-6,8-10H2,1-2,4H3,(H,15,16)/p-1. The summed E-state index contributed by atoms with van der Waals surface area (Å²) in [5, 5.41) is 0. The van der Waals surface area contributed by atoms with Crippen LogP contribution in [0.15, 0.2) is 12.7 Å². The Balaban J connectivity index is 4.29. The number of rotatable bonds is 11. The number of hydrogen-bond acceptors (Lipinski definition) is 6. The largest absolute Gasteiger partial charge is 0.756 e. The molecule has 0 saturated heterocycles. The monoisotopic (exact) mass is 307 g/mol. The second-order valence-electron chi connectivity index (χ2n) is 4.39. The van der Waals surface area contributed by atoms with Crippen molar-refractivity contribution in [2.75, 3.05) is 0 Å². The third-order valence-electron chi connectivity index (χ3n) is 2.59. The fraction of sp³-hybridized carbons (Fsp3) is 0.769. The van der Waals surface area contributed by atoms with Crippen molar-refractivity contribution in [3.8, 4) is 0 Å². The minimum atomic E-state index is -4.50. The lowest BCUT2D eigenvalue weighted by Gasteiger charge is -2.29. The van der Waals surface area contributed by atoms with Crippen molar-refractivity contribution in [2.24, 2.45) is 0 Å². The number of ether oxygens (including phenoxy) is 1. The van der Waals surface area contributed by atoms with Crippen molar-refractivity contribution >= 4 is 13.8 Å². The quantitative estimate of drug-likeness (QED) is 0.192. The third-order valence-corrected chi connectivity index (χ3v) is 3.70. The number of hydrogen-bond donors (Lipinski definition) is 0. The van der Waals surface area contributed by atoms with Crippen LogP contribution in [0.3, 0.4) is 0 Å². The first-order valence-electron chi connectivity index (χ1n) is 6.85. The fourth-order valence-electron chi connectivity index (χ4n) is 1.58. The predicted molar refractivity (Wildman–Crippen MR) is 73.7 cm³/mol. The van der Waals surface area contributed by atoms with Crippen LogP contribution in [-0.2, 0) is 23.1 Å². The van der Waals surface area contributed by atoms with Gasteiger partial charge in [0, 0.05) is 6.08 Å². The number of unbranched alkanes of at least 4 members (excludes halogenated alkanes) is 2. The molecule has 0 amide bonds. The maximum Gasteiger partial charge on any atom is 0.332 e. The van der Waals surface area contributed by atoms with Crippen LogP contribution in [0.2, 0.25) is 0 Å². The van der Waals surface area contributed by atoms with Crippen LogP contribution in [-0.4, -0.2) is 18.4 Å². The van der Waals surface area contributed by atoms with Gasteiger partial charge in [-0.2, -0.15) is 0 Å². The Kier molecular flexibility index (Phi) is 9.76. The van der Waals surface area contributed by atoms with E-state index < -0.39 is 26.2 Å². The van der Waals surface area contributed by atoms with Crippen LogP contribution in [0, 0.1) is 0 Å². The highest BCUT2D eigenvalue weighted by Gasteiger charge is 2.21. The van der Waals surface area contributed by atoms with Crippen LogP contribution < -0.4 is 4.89 Å². The summed E-state index contributed by atoms with van der Waals surface area (Å²) in [6, 6.07) is 0. The summed E-state index contributed by atoms with van der Waals surface area (Å²) in [4.78, 5) is 22.6. The lowest BCUT2D eigenvalue weighted by molar-refractivity contribution is -0.244. The van der Waals surface area contributed by atoms with Gasteiger partial charge < -0.3 is 14.2 Å². The Morgan fingerprint density at radius 3 is 2.50 bits per heavy atom. The molecule has 0 fully saturated rings. The first kappa shape index (κ1) is 19.3. The fourth-order valence-corrected chi connectivity index (χ4v) is 2.65. The van der Waals surface area contributed by atoms with Crippen molar-refractivity contribution in [3.63, 3.8) is 0 Å². The molecule has 0 aromatic rings. The van der Waals surface area contributed by atoms with Gasteiger partial charge in [0.2, 0.25) is 6.29 Å². The maximum atomic E-state index is 11.7. The van der Waals surface area contributed by atoms with E-state index in [1.54, 1.807) is 0 Å². The van der Waals surface area contributed by atoms with E-state index in [1.807, 2.05) is 6.92 Å². The molecule has 0 aromatic carbocycles. The SMILES string of the molecule is C=CC(=O)OC(C)OP(=O)([O-])OC(CC)CCCCC. The van der Waals surface area contributed by atoms with Gasteiger partial charge in [0.25, 0.3) is 7.82 Å². The Labute approximate surface area is 120 Å². The average Bonchev–Trinajstić information content (AvgIpc) is 2.36. The van der Waals surface area contributed by atoms with Crippen LogP contribution in [0.5, 0.6) is 0 Å². The molecule has 6 nitrogen and oxygen atoms in total. The van der Waals surface area contributed by atoms with Crippen molar-refractivity contribution in [1.82, 2.24) is 0 Å². The number of carbonyl (C=O) groups is 1. The lowest BCUT2D eigenvalue weighted by Crippen LogP contribution is -2.23. The molecule has 3 atom stereocenters. The zero-order valence-electron chi connectivity index (χ0n) is 12.4. The summed E-state index contributed by atoms with van der Waals surface area (Å²) in [5.74, 6) is -0.757. The van der Waals surface area contributed by atoms with Gasteiger partial charge in [0.15, 0.2) is 0 Å². The Morgan fingerprint density at radius 1 is 1.35 bits per heavy atom. The average molecular weight is 307 g/mol. The van der Waals surface area contributed by atoms with Gasteiger partial charge in [0.05, 0.1) is 6.10 Å². The van der Waals surface area contributed by atoms with E-state index in [9.17, 15) is 14.3 Å². The van der Waals surface area contributed by atoms with Crippen LogP contribution in [0.1, 0.15) is 52.9 Å². The van der Waals surface area contributed by atoms with Gasteiger partial charge in [-0.3, -0.25) is 9.09 Å². The first-order chi connectivity index (χ1) is 9.34. The molecule has 0 aliphatic rings. The summed E-state index contributed by atoms with van der Waals surface area (Å²) in [6.07, 6.45) is 3.48. The van der Waals surface area contributed by atoms with Crippen molar-refractivity contribution in [1.29, 1.82) is 0 Å². The normalized spacial score (nSPS) is 17.0. The Morgan fingerprint density at radius 2 is 2.00 bits per heavy atom. The zero-order valence-corrected chi connectivity index (χ0v) is 13.3. The number of carbonyl (C=O) groups excluding carboxylic acids is 1. The molecule has 3 unspecified atom stereocenters. The highest BCUT2D eigenvalue weighted by Crippen LogP contribution is 2.42. The molecular formula is C13H24O6P-. The maximum absolute atomic E-state index is 11.7. The van der Waals surface area contributed by atoms with Gasteiger partial charge in [-0.25, -0.2) is 4.79 Å². The molecule has 0 heterocycles. The molecule has 0 radical (unpaired) electrons. The van der Waals surface area contributed by atoms with E-state index in [4.69, 9.17) is 4.52 Å². The van der Waals surface area contributed by atoms with Crippen LogP contribution in [0.4, 0.5) is 0 Å². The molecule has 0 aliphatic carbocycles. The smallest absolute Gasteiger partial charge is 0.332 e. The van der Waals surface area contributed by atoms with E-state index in [-0.39, 0.29) is 0 Å². The summed E-state index contributed by atoms with van der Waals surface area (Å²) < 4.78 is 25.9. The van der Waals surface area contributed by atoms with E-state index >= 15 is 0 Å². The van der Waals surface area contributed by atoms with E-state index in [0.29, 0.717) is 12.8 Å². The highest BCUT2D eigenvalue weighted by molar-refractivity contribution is 7.45. The van der Waals surface area contributed by atoms with Gasteiger partial charge in [-0.05, 0) is 19.8 Å². The second-order valence-corrected chi connectivity index (χ2v) is 5.71. The molecule has 0 aromatic heterocycles. The minimum absolute atomic E-state index is 0.410. The lowest BCUT2D eigenvalue weighted by atomic mass is 10.1. The molecule has 0 bridgehead atoms. The summed E-state index contributed by atoms with van der Waals surface area (Å²) in [6.45, 7) is 8.42. The summed E-state index contributed by atoms with van der Waals surface area (Å²) in [7, 11) is -4.50.